The topological polar surface area (TPSA) is 67.4 Å². The van der Waals surface area contributed by atoms with E-state index < -0.39 is 0 Å². The van der Waals surface area contributed by atoms with Gasteiger partial charge in [-0.1, -0.05) is 13.8 Å². The Labute approximate surface area is 132 Å². The highest BCUT2D eigenvalue weighted by atomic mass is 16.5. The molecule has 6 heteroatoms. The molecule has 1 atom stereocenters. The molecule has 6 nitrogen and oxygen atoms in total. The number of carbonyl (C=O) groups excluding carboxylic acids is 1. The van der Waals surface area contributed by atoms with Crippen molar-refractivity contribution in [2.24, 2.45) is 0 Å². The van der Waals surface area contributed by atoms with Crippen LogP contribution < -0.4 is 10.1 Å². The van der Waals surface area contributed by atoms with Crippen molar-refractivity contribution in [3.63, 3.8) is 0 Å². The Morgan fingerprint density at radius 1 is 1.41 bits per heavy atom. The first-order valence-electron chi connectivity index (χ1n) is 8.14. The van der Waals surface area contributed by atoms with Crippen LogP contribution in [0, 0.1) is 6.92 Å². The van der Waals surface area contributed by atoms with Gasteiger partial charge in [-0.2, -0.15) is 5.10 Å². The number of amides is 2. The monoisotopic (exact) mass is 306 g/mol. The molecule has 2 amide bonds. The number of aromatic nitrogens is 2. The summed E-state index contributed by atoms with van der Waals surface area (Å²) in [5, 5.41) is 11.1. The normalized spacial score (nSPS) is 18.4. The van der Waals surface area contributed by atoms with Gasteiger partial charge in [0.2, 0.25) is 5.88 Å². The van der Waals surface area contributed by atoms with Crippen LogP contribution in [0.5, 0.6) is 5.88 Å². The quantitative estimate of drug-likeness (QED) is 0.907. The number of rotatable bonds is 5. The van der Waals surface area contributed by atoms with Crippen LogP contribution in [0.25, 0.3) is 0 Å². The van der Waals surface area contributed by atoms with Crippen LogP contribution in [0.1, 0.15) is 45.2 Å². The molecule has 1 saturated heterocycles. The van der Waals surface area contributed by atoms with E-state index in [1.54, 1.807) is 0 Å². The van der Waals surface area contributed by atoms with Gasteiger partial charge in [-0.3, -0.25) is 0 Å². The zero-order valence-corrected chi connectivity index (χ0v) is 13.7. The number of ether oxygens (including phenoxy) is 1. The molecule has 0 spiro atoms. The van der Waals surface area contributed by atoms with Gasteiger partial charge in [0.05, 0.1) is 12.2 Å². The Bertz CT molecular complexity index is 474. The minimum atomic E-state index is -0.0155. The van der Waals surface area contributed by atoms with Crippen LogP contribution in [0.15, 0.2) is 12.1 Å². The summed E-state index contributed by atoms with van der Waals surface area (Å²) in [7, 11) is 0. The van der Waals surface area contributed by atoms with E-state index in [9.17, 15) is 4.79 Å². The number of hydrogen-bond acceptors (Lipinski definition) is 4. The van der Waals surface area contributed by atoms with Gasteiger partial charge in [-0.05, 0) is 38.7 Å². The summed E-state index contributed by atoms with van der Waals surface area (Å²) in [4.78, 5) is 14.1. The molecular weight excluding hydrogens is 280 g/mol. The third kappa shape index (κ3) is 4.58. The summed E-state index contributed by atoms with van der Waals surface area (Å²) < 4.78 is 5.85. The van der Waals surface area contributed by atoms with Crippen molar-refractivity contribution in [1.29, 1.82) is 0 Å². The SMILES string of the molecule is CCC(CC)NC(=O)N1CCCC(Oc2ccc(C)nn2)C1. The van der Waals surface area contributed by atoms with E-state index >= 15 is 0 Å². The van der Waals surface area contributed by atoms with Crippen LogP contribution in [0.2, 0.25) is 0 Å². The maximum absolute atomic E-state index is 12.3. The fourth-order valence-corrected chi connectivity index (χ4v) is 2.60. The van der Waals surface area contributed by atoms with Crippen molar-refractivity contribution in [2.75, 3.05) is 13.1 Å². The molecule has 1 aromatic rings. The van der Waals surface area contributed by atoms with E-state index in [0.29, 0.717) is 12.4 Å². The summed E-state index contributed by atoms with van der Waals surface area (Å²) in [6, 6.07) is 3.96. The van der Waals surface area contributed by atoms with Crippen LogP contribution in [0.3, 0.4) is 0 Å². The number of hydrogen-bond donors (Lipinski definition) is 1. The molecule has 0 saturated carbocycles. The van der Waals surface area contributed by atoms with Gasteiger partial charge in [-0.15, -0.1) is 5.10 Å². The van der Waals surface area contributed by atoms with Crippen molar-refractivity contribution in [1.82, 2.24) is 20.4 Å². The second-order valence-corrected chi connectivity index (χ2v) is 5.80. The lowest BCUT2D eigenvalue weighted by atomic mass is 10.1. The van der Waals surface area contributed by atoms with Gasteiger partial charge >= 0.3 is 6.03 Å². The predicted molar refractivity (Wildman–Crippen MR) is 84.9 cm³/mol. The van der Waals surface area contributed by atoms with Crippen molar-refractivity contribution in [3.8, 4) is 5.88 Å². The average molecular weight is 306 g/mol. The van der Waals surface area contributed by atoms with Crippen molar-refractivity contribution in [3.05, 3.63) is 17.8 Å². The Hall–Kier alpha value is -1.85. The van der Waals surface area contributed by atoms with Crippen LogP contribution >= 0.6 is 0 Å². The van der Waals surface area contributed by atoms with E-state index in [0.717, 1.165) is 37.9 Å². The predicted octanol–water partition coefficient (Wildman–Crippen LogP) is 2.53. The lowest BCUT2D eigenvalue weighted by Crippen LogP contribution is -2.50. The van der Waals surface area contributed by atoms with Gasteiger partial charge in [-0.25, -0.2) is 4.79 Å². The summed E-state index contributed by atoms with van der Waals surface area (Å²) in [6.07, 6.45) is 3.77. The standard InChI is InChI=1S/C16H26N4O2/c1-4-13(5-2)17-16(21)20-10-6-7-14(11-20)22-15-9-8-12(3)18-19-15/h8-9,13-14H,4-7,10-11H2,1-3H3,(H,17,21). The minimum Gasteiger partial charge on any atom is -0.471 e. The Morgan fingerprint density at radius 3 is 2.82 bits per heavy atom. The molecule has 1 aliphatic rings. The van der Waals surface area contributed by atoms with E-state index in [4.69, 9.17) is 4.74 Å². The molecular formula is C16H26N4O2. The number of piperidine rings is 1. The van der Waals surface area contributed by atoms with E-state index in [2.05, 4.69) is 29.4 Å². The first kappa shape index (κ1) is 16.5. The molecule has 0 radical (unpaired) electrons. The maximum Gasteiger partial charge on any atom is 0.317 e. The van der Waals surface area contributed by atoms with Gasteiger partial charge in [0.25, 0.3) is 0 Å². The highest BCUT2D eigenvalue weighted by Crippen LogP contribution is 2.16. The zero-order chi connectivity index (χ0) is 15.9. The summed E-state index contributed by atoms with van der Waals surface area (Å²) >= 11 is 0. The number of likely N-dealkylation sites (tertiary alicyclic amines) is 1. The molecule has 1 N–H and O–H groups in total. The molecule has 0 aliphatic carbocycles. The van der Waals surface area contributed by atoms with Crippen molar-refractivity contribution < 1.29 is 9.53 Å². The van der Waals surface area contributed by atoms with Gasteiger partial charge < -0.3 is 15.0 Å². The summed E-state index contributed by atoms with van der Waals surface area (Å²) in [5.41, 5.74) is 0.863. The zero-order valence-electron chi connectivity index (χ0n) is 13.7. The highest BCUT2D eigenvalue weighted by molar-refractivity contribution is 5.74. The molecule has 1 unspecified atom stereocenters. The third-order valence-corrected chi connectivity index (χ3v) is 4.04. The third-order valence-electron chi connectivity index (χ3n) is 4.04. The Morgan fingerprint density at radius 2 is 2.18 bits per heavy atom. The number of aryl methyl sites for hydroxylation is 1. The molecule has 122 valence electrons. The average Bonchev–Trinajstić information content (AvgIpc) is 2.55. The lowest BCUT2D eigenvalue weighted by Gasteiger charge is -2.33. The highest BCUT2D eigenvalue weighted by Gasteiger charge is 2.26. The summed E-state index contributed by atoms with van der Waals surface area (Å²) in [5.74, 6) is 0.526. The second kappa shape index (κ2) is 7.96. The van der Waals surface area contributed by atoms with E-state index in [1.165, 1.54) is 0 Å². The fraction of sp³-hybridized carbons (Fsp3) is 0.688. The molecule has 2 heterocycles. The minimum absolute atomic E-state index is 0.0111. The lowest BCUT2D eigenvalue weighted by molar-refractivity contribution is 0.0957. The Kier molecular flexibility index (Phi) is 5.98. The van der Waals surface area contributed by atoms with Gasteiger partial charge in [0.1, 0.15) is 6.10 Å². The molecule has 1 aromatic heterocycles. The smallest absolute Gasteiger partial charge is 0.317 e. The number of nitrogens with zero attached hydrogens (tertiary/aromatic N) is 3. The van der Waals surface area contributed by atoms with Crippen molar-refractivity contribution in [2.45, 2.75) is 58.6 Å². The largest absolute Gasteiger partial charge is 0.471 e. The molecule has 1 aliphatic heterocycles. The molecule has 1 fully saturated rings. The first-order valence-corrected chi connectivity index (χ1v) is 8.14. The number of carbonyl (C=O) groups is 1. The van der Waals surface area contributed by atoms with Gasteiger partial charge in [0, 0.05) is 18.7 Å². The van der Waals surface area contributed by atoms with Crippen LogP contribution in [0.4, 0.5) is 4.79 Å². The first-order chi connectivity index (χ1) is 10.6. The second-order valence-electron chi connectivity index (χ2n) is 5.80. The molecule has 22 heavy (non-hydrogen) atoms. The molecule has 0 bridgehead atoms. The number of nitrogens with one attached hydrogen (secondary N) is 1. The van der Waals surface area contributed by atoms with E-state index in [-0.39, 0.29) is 18.2 Å². The summed E-state index contributed by atoms with van der Waals surface area (Å²) in [6.45, 7) is 7.45. The Balaban J connectivity index is 1.88. The number of urea groups is 1. The fourth-order valence-electron chi connectivity index (χ4n) is 2.60. The van der Waals surface area contributed by atoms with Crippen molar-refractivity contribution >= 4 is 6.03 Å². The maximum atomic E-state index is 12.3. The van der Waals surface area contributed by atoms with Crippen LogP contribution in [-0.4, -0.2) is 46.4 Å². The molecule has 2 rings (SSSR count). The molecule has 0 aromatic carbocycles. The van der Waals surface area contributed by atoms with Gasteiger partial charge in [0.15, 0.2) is 0 Å². The van der Waals surface area contributed by atoms with E-state index in [1.807, 2.05) is 24.0 Å². The van der Waals surface area contributed by atoms with Crippen LogP contribution in [-0.2, 0) is 0 Å².